The van der Waals surface area contributed by atoms with Gasteiger partial charge in [-0.05, 0) is 18.6 Å². The maximum atomic E-state index is 13.7. The second kappa shape index (κ2) is 5.63. The van der Waals surface area contributed by atoms with E-state index in [9.17, 15) is 9.50 Å². The minimum Gasteiger partial charge on any atom is -0.383 e. The van der Waals surface area contributed by atoms with Crippen molar-refractivity contribution in [2.24, 2.45) is 0 Å². The Bertz CT molecular complexity index is 521. The van der Waals surface area contributed by atoms with Crippen molar-refractivity contribution in [2.75, 3.05) is 0 Å². The van der Waals surface area contributed by atoms with Crippen molar-refractivity contribution < 1.29 is 9.50 Å². The molecule has 0 saturated heterocycles. The van der Waals surface area contributed by atoms with E-state index in [4.69, 9.17) is 0 Å². The fourth-order valence-electron chi connectivity index (χ4n) is 1.81. The molecule has 2 rings (SSSR count). The van der Waals surface area contributed by atoms with Crippen LogP contribution in [0.15, 0.2) is 35.1 Å². The van der Waals surface area contributed by atoms with Gasteiger partial charge in [0.05, 0.1) is 6.20 Å². The predicted molar refractivity (Wildman–Crippen MR) is 70.7 cm³/mol. The molecule has 18 heavy (non-hydrogen) atoms. The summed E-state index contributed by atoms with van der Waals surface area (Å²) in [6.45, 7) is 2.83. The Balaban J connectivity index is 2.32. The highest BCUT2D eigenvalue weighted by molar-refractivity contribution is 9.10. The molecular weight excluding hydrogens is 299 g/mol. The Morgan fingerprint density at radius 3 is 2.94 bits per heavy atom. The molecule has 0 aliphatic carbocycles. The molecule has 5 heteroatoms. The zero-order chi connectivity index (χ0) is 13.1. The minimum atomic E-state index is -1.01. The summed E-state index contributed by atoms with van der Waals surface area (Å²) in [5.41, 5.74) is 0.836. The van der Waals surface area contributed by atoms with Crippen LogP contribution in [0.5, 0.6) is 0 Å². The van der Waals surface area contributed by atoms with E-state index < -0.39 is 11.9 Å². The lowest BCUT2D eigenvalue weighted by molar-refractivity contribution is 0.214. The van der Waals surface area contributed by atoms with E-state index in [-0.39, 0.29) is 5.56 Å². The Hall–Kier alpha value is -1.20. The molecular formula is C13H14BrFN2O. The lowest BCUT2D eigenvalue weighted by Crippen LogP contribution is -2.03. The van der Waals surface area contributed by atoms with Crippen molar-refractivity contribution in [3.8, 4) is 0 Å². The summed E-state index contributed by atoms with van der Waals surface area (Å²) in [5.74, 6) is -0.430. The van der Waals surface area contributed by atoms with Gasteiger partial charge < -0.3 is 5.11 Å². The highest BCUT2D eigenvalue weighted by Crippen LogP contribution is 2.30. The predicted octanol–water partition coefficient (Wildman–Crippen LogP) is 3.28. The van der Waals surface area contributed by atoms with Crippen molar-refractivity contribution in [1.82, 2.24) is 9.78 Å². The molecule has 1 atom stereocenters. The van der Waals surface area contributed by atoms with Gasteiger partial charge in [-0.2, -0.15) is 5.10 Å². The van der Waals surface area contributed by atoms with Gasteiger partial charge in [0.2, 0.25) is 0 Å². The number of aliphatic hydroxyl groups excluding tert-OH is 1. The summed E-state index contributed by atoms with van der Waals surface area (Å²) in [6, 6.07) is 4.63. The molecule has 0 bridgehead atoms. The lowest BCUT2D eigenvalue weighted by atomic mass is 10.0. The van der Waals surface area contributed by atoms with Gasteiger partial charge in [-0.25, -0.2) is 4.39 Å². The van der Waals surface area contributed by atoms with Crippen LogP contribution in [-0.4, -0.2) is 14.9 Å². The molecule has 3 nitrogen and oxygen atoms in total. The minimum absolute atomic E-state index is 0.244. The molecule has 1 unspecified atom stereocenters. The molecule has 1 N–H and O–H groups in total. The van der Waals surface area contributed by atoms with Crippen LogP contribution in [0.1, 0.15) is 30.6 Å². The van der Waals surface area contributed by atoms with Gasteiger partial charge in [0.25, 0.3) is 0 Å². The number of aliphatic hydroxyl groups is 1. The van der Waals surface area contributed by atoms with Crippen LogP contribution < -0.4 is 0 Å². The van der Waals surface area contributed by atoms with E-state index >= 15 is 0 Å². The first kappa shape index (κ1) is 13.2. The molecule has 0 spiro atoms. The third kappa shape index (κ3) is 2.62. The monoisotopic (exact) mass is 312 g/mol. The van der Waals surface area contributed by atoms with Crippen molar-refractivity contribution in [2.45, 2.75) is 26.0 Å². The van der Waals surface area contributed by atoms with Crippen LogP contribution >= 0.6 is 15.9 Å². The number of rotatable bonds is 4. The molecule has 96 valence electrons. The van der Waals surface area contributed by atoms with Crippen LogP contribution in [0.3, 0.4) is 0 Å². The number of hydrogen-bond acceptors (Lipinski definition) is 2. The molecule has 0 saturated carbocycles. The summed E-state index contributed by atoms with van der Waals surface area (Å²) in [5, 5.41) is 14.3. The molecule has 1 aromatic carbocycles. The van der Waals surface area contributed by atoms with Gasteiger partial charge in [-0.1, -0.05) is 28.9 Å². The van der Waals surface area contributed by atoms with Crippen molar-refractivity contribution >= 4 is 15.9 Å². The van der Waals surface area contributed by atoms with Crippen molar-refractivity contribution in [3.63, 3.8) is 0 Å². The van der Waals surface area contributed by atoms with E-state index in [2.05, 4.69) is 21.0 Å². The zero-order valence-corrected chi connectivity index (χ0v) is 11.6. The zero-order valence-electron chi connectivity index (χ0n) is 9.98. The molecule has 1 heterocycles. The van der Waals surface area contributed by atoms with Gasteiger partial charge in [0, 0.05) is 28.3 Å². The summed E-state index contributed by atoms with van der Waals surface area (Å²) in [4.78, 5) is 0. The van der Waals surface area contributed by atoms with Crippen LogP contribution in [0.4, 0.5) is 4.39 Å². The molecule has 0 amide bonds. The Morgan fingerprint density at radius 1 is 1.50 bits per heavy atom. The highest BCUT2D eigenvalue weighted by Gasteiger charge is 2.19. The first-order valence-electron chi connectivity index (χ1n) is 5.77. The van der Waals surface area contributed by atoms with Crippen LogP contribution in [0, 0.1) is 5.82 Å². The second-order valence-electron chi connectivity index (χ2n) is 4.07. The Morgan fingerprint density at radius 2 is 2.28 bits per heavy atom. The number of benzene rings is 1. The number of nitrogens with zero attached hydrogens (tertiary/aromatic N) is 2. The number of halogens is 2. The highest BCUT2D eigenvalue weighted by atomic mass is 79.9. The topological polar surface area (TPSA) is 38.0 Å². The summed E-state index contributed by atoms with van der Waals surface area (Å²) in [7, 11) is 0. The van der Waals surface area contributed by atoms with Gasteiger partial charge in [0.15, 0.2) is 0 Å². The van der Waals surface area contributed by atoms with Crippen LogP contribution in [0.25, 0.3) is 0 Å². The number of aryl methyl sites for hydroxylation is 1. The van der Waals surface area contributed by atoms with Crippen LogP contribution in [0.2, 0.25) is 0 Å². The summed E-state index contributed by atoms with van der Waals surface area (Å²) in [6.07, 6.45) is 3.26. The van der Waals surface area contributed by atoms with E-state index in [0.29, 0.717) is 10.0 Å². The molecule has 0 aliphatic heterocycles. The average molecular weight is 313 g/mol. The Kier molecular flexibility index (Phi) is 4.14. The quantitative estimate of drug-likeness (QED) is 0.941. The summed E-state index contributed by atoms with van der Waals surface area (Å²) >= 11 is 3.26. The van der Waals surface area contributed by atoms with E-state index in [1.165, 1.54) is 6.07 Å². The number of hydrogen-bond donors (Lipinski definition) is 1. The first-order chi connectivity index (χ1) is 8.63. The normalized spacial score (nSPS) is 12.7. The lowest BCUT2D eigenvalue weighted by Gasteiger charge is -2.11. The largest absolute Gasteiger partial charge is 0.383 e. The standard InChI is InChI=1S/C13H14BrFN2O/c1-2-6-17-8-9(7-16-17)13(18)12-10(14)4-3-5-11(12)15/h3-5,7-8,13,18H,2,6H2,1H3. The van der Waals surface area contributed by atoms with Crippen molar-refractivity contribution in [3.05, 3.63) is 52.0 Å². The fraction of sp³-hybridized carbons (Fsp3) is 0.308. The molecule has 0 fully saturated rings. The SMILES string of the molecule is CCCn1cc(C(O)c2c(F)cccc2Br)cn1. The molecule has 0 radical (unpaired) electrons. The van der Waals surface area contributed by atoms with Gasteiger partial charge in [-0.15, -0.1) is 0 Å². The van der Waals surface area contributed by atoms with E-state index in [1.807, 2.05) is 6.92 Å². The molecule has 0 aliphatic rings. The fourth-order valence-corrected chi connectivity index (χ4v) is 2.37. The van der Waals surface area contributed by atoms with Gasteiger partial charge in [0.1, 0.15) is 11.9 Å². The van der Waals surface area contributed by atoms with E-state index in [0.717, 1.165) is 13.0 Å². The van der Waals surface area contributed by atoms with Gasteiger partial charge >= 0.3 is 0 Å². The maximum Gasteiger partial charge on any atom is 0.130 e. The van der Waals surface area contributed by atoms with Gasteiger partial charge in [-0.3, -0.25) is 4.68 Å². The molecule has 1 aromatic heterocycles. The third-order valence-corrected chi connectivity index (χ3v) is 3.39. The third-order valence-electron chi connectivity index (χ3n) is 2.69. The summed E-state index contributed by atoms with van der Waals surface area (Å²) < 4.78 is 16.0. The molecule has 2 aromatic rings. The second-order valence-corrected chi connectivity index (χ2v) is 4.93. The average Bonchev–Trinajstić information content (AvgIpc) is 2.78. The maximum absolute atomic E-state index is 13.7. The van der Waals surface area contributed by atoms with Crippen LogP contribution in [-0.2, 0) is 6.54 Å². The van der Waals surface area contributed by atoms with E-state index in [1.54, 1.807) is 29.2 Å². The first-order valence-corrected chi connectivity index (χ1v) is 6.57. The Labute approximate surface area is 113 Å². The smallest absolute Gasteiger partial charge is 0.130 e. The number of aromatic nitrogens is 2. The van der Waals surface area contributed by atoms with Crippen molar-refractivity contribution in [1.29, 1.82) is 0 Å².